The number of nitrogens with zero attached hydrogens (tertiary/aromatic N) is 1. The third-order valence-corrected chi connectivity index (χ3v) is 7.01. The molecule has 1 N–H and O–H groups in total. The summed E-state index contributed by atoms with van der Waals surface area (Å²) in [7, 11) is 0. The lowest BCUT2D eigenvalue weighted by atomic mass is 9.63. The molecule has 2 bridgehead atoms. The Morgan fingerprint density at radius 2 is 1.75 bits per heavy atom. The molecule has 36 heavy (non-hydrogen) atoms. The first-order chi connectivity index (χ1) is 17.4. The van der Waals surface area contributed by atoms with E-state index < -0.39 is 17.8 Å². The molecule has 1 aromatic heterocycles. The van der Waals surface area contributed by atoms with Crippen molar-refractivity contribution in [3.63, 3.8) is 0 Å². The second-order valence-electron chi connectivity index (χ2n) is 9.88. The number of unbranched alkanes of at least 4 members (excludes halogenated alkanes) is 6. The van der Waals surface area contributed by atoms with Gasteiger partial charge >= 0.3 is 12.2 Å². The number of rotatable bonds is 12. The summed E-state index contributed by atoms with van der Waals surface area (Å²) in [5.41, 5.74) is 3.36. The molecule has 2 atom stereocenters. The van der Waals surface area contributed by atoms with Gasteiger partial charge in [0, 0.05) is 24.0 Å². The van der Waals surface area contributed by atoms with Gasteiger partial charge in [0.1, 0.15) is 0 Å². The highest BCUT2D eigenvalue weighted by Crippen LogP contribution is 2.50. The molecule has 0 saturated carbocycles. The molecule has 7 nitrogen and oxygen atoms in total. The standard InChI is InChI=1S/C29H42N2O5/c1-5-8-10-12-16-34-27(32)31-29-20-21(4)18-22(23(29)7-3)19-25-24(29)14-15-26(30-25)36-28(33)35-17-13-11-9-6-2/h7,14-15,18,22H,5-6,8-13,16-17,19-20H2,1-4H3,(H,31,32)/b23-7+. The van der Waals surface area contributed by atoms with Gasteiger partial charge in [-0.25, -0.2) is 14.6 Å². The Morgan fingerprint density at radius 3 is 2.42 bits per heavy atom. The van der Waals surface area contributed by atoms with Crippen LogP contribution in [0.5, 0.6) is 5.88 Å². The van der Waals surface area contributed by atoms with Crippen LogP contribution in [0.2, 0.25) is 0 Å². The highest BCUT2D eigenvalue weighted by Gasteiger charge is 2.48. The van der Waals surface area contributed by atoms with Crippen LogP contribution in [0.1, 0.15) is 96.7 Å². The van der Waals surface area contributed by atoms with Gasteiger partial charge < -0.3 is 19.5 Å². The molecule has 2 aliphatic rings. The average molecular weight is 499 g/mol. The molecule has 2 unspecified atom stereocenters. The number of aromatic nitrogens is 1. The fraction of sp³-hybridized carbons (Fsp3) is 0.621. The van der Waals surface area contributed by atoms with Crippen LogP contribution in [0.15, 0.2) is 35.4 Å². The first-order valence-corrected chi connectivity index (χ1v) is 13.6. The van der Waals surface area contributed by atoms with Gasteiger partial charge in [0.25, 0.3) is 0 Å². The van der Waals surface area contributed by atoms with Crippen LogP contribution in [0.3, 0.4) is 0 Å². The Bertz CT molecular complexity index is 970. The van der Waals surface area contributed by atoms with Crippen LogP contribution in [0, 0.1) is 5.92 Å². The molecule has 0 spiro atoms. The molecule has 1 heterocycles. The monoisotopic (exact) mass is 498 g/mol. The SMILES string of the molecule is C/C=C1\C2C=C(C)CC1(NC(=O)OCCCCCC)c1ccc(OC(=O)OCCCCCC)nc1C2. The largest absolute Gasteiger partial charge is 0.515 e. The molecule has 0 radical (unpaired) electrons. The van der Waals surface area contributed by atoms with Gasteiger partial charge in [-0.3, -0.25) is 0 Å². The predicted molar refractivity (Wildman–Crippen MR) is 140 cm³/mol. The zero-order valence-corrected chi connectivity index (χ0v) is 22.4. The van der Waals surface area contributed by atoms with Crippen LogP contribution >= 0.6 is 0 Å². The fourth-order valence-corrected chi connectivity index (χ4v) is 5.39. The lowest BCUT2D eigenvalue weighted by Crippen LogP contribution is -2.53. The third-order valence-electron chi connectivity index (χ3n) is 7.01. The molecular formula is C29H42N2O5. The molecule has 1 amide bonds. The second kappa shape index (κ2) is 13.5. The molecule has 0 saturated heterocycles. The van der Waals surface area contributed by atoms with Crippen molar-refractivity contribution in [2.24, 2.45) is 5.92 Å². The summed E-state index contributed by atoms with van der Waals surface area (Å²) in [5.74, 6) is 0.318. The second-order valence-corrected chi connectivity index (χ2v) is 9.88. The van der Waals surface area contributed by atoms with Crippen LogP contribution < -0.4 is 10.1 Å². The first-order valence-electron chi connectivity index (χ1n) is 13.6. The van der Waals surface area contributed by atoms with Gasteiger partial charge in [0.15, 0.2) is 0 Å². The average Bonchev–Trinajstić information content (AvgIpc) is 2.83. The normalized spacial score (nSPS) is 21.4. The van der Waals surface area contributed by atoms with Crippen molar-refractivity contribution in [1.82, 2.24) is 10.3 Å². The van der Waals surface area contributed by atoms with Crippen LogP contribution in [-0.2, 0) is 21.4 Å². The van der Waals surface area contributed by atoms with E-state index in [9.17, 15) is 9.59 Å². The van der Waals surface area contributed by atoms with Crippen molar-refractivity contribution in [1.29, 1.82) is 0 Å². The minimum Gasteiger partial charge on any atom is -0.450 e. The van der Waals surface area contributed by atoms with Crippen LogP contribution in [0.25, 0.3) is 0 Å². The van der Waals surface area contributed by atoms with E-state index in [-0.39, 0.29) is 11.8 Å². The van der Waals surface area contributed by atoms with Gasteiger partial charge in [-0.1, -0.05) is 70.1 Å². The quantitative estimate of drug-likeness (QED) is 0.187. The molecule has 7 heteroatoms. The lowest BCUT2D eigenvalue weighted by Gasteiger charge is -2.47. The topological polar surface area (TPSA) is 86.8 Å². The summed E-state index contributed by atoms with van der Waals surface area (Å²) >= 11 is 0. The van der Waals surface area contributed by atoms with E-state index >= 15 is 0 Å². The van der Waals surface area contributed by atoms with E-state index in [1.54, 1.807) is 6.07 Å². The first kappa shape index (κ1) is 27.8. The molecule has 0 aliphatic heterocycles. The molecule has 3 rings (SSSR count). The number of amides is 1. The van der Waals surface area contributed by atoms with E-state index in [4.69, 9.17) is 14.2 Å². The summed E-state index contributed by atoms with van der Waals surface area (Å²) in [6, 6.07) is 3.59. The molecule has 0 fully saturated rings. The van der Waals surface area contributed by atoms with Crippen molar-refractivity contribution < 1.29 is 23.8 Å². The van der Waals surface area contributed by atoms with Gasteiger partial charge in [0.05, 0.1) is 24.4 Å². The van der Waals surface area contributed by atoms with Crippen molar-refractivity contribution >= 4 is 12.2 Å². The number of hydrogen-bond acceptors (Lipinski definition) is 6. The van der Waals surface area contributed by atoms with E-state index in [1.807, 2.05) is 13.0 Å². The minimum absolute atomic E-state index is 0.106. The number of allylic oxidation sites excluding steroid dienone is 2. The van der Waals surface area contributed by atoms with Gasteiger partial charge in [-0.15, -0.1) is 0 Å². The molecule has 1 aromatic rings. The zero-order valence-electron chi connectivity index (χ0n) is 22.4. The maximum absolute atomic E-state index is 12.9. The number of nitrogens with one attached hydrogen (secondary N) is 1. The maximum Gasteiger partial charge on any atom is 0.515 e. The molecule has 0 aromatic carbocycles. The predicted octanol–water partition coefficient (Wildman–Crippen LogP) is 7.15. The smallest absolute Gasteiger partial charge is 0.450 e. The van der Waals surface area contributed by atoms with E-state index in [2.05, 4.69) is 43.2 Å². The number of alkyl carbamates (subject to hydrolysis) is 1. The van der Waals surface area contributed by atoms with Crippen molar-refractivity contribution in [3.8, 4) is 5.88 Å². The number of carbonyl (C=O) groups is 2. The Labute approximate surface area is 215 Å². The fourth-order valence-electron chi connectivity index (χ4n) is 5.39. The van der Waals surface area contributed by atoms with Crippen molar-refractivity contribution in [2.75, 3.05) is 13.2 Å². The Hall–Kier alpha value is -2.83. The van der Waals surface area contributed by atoms with E-state index in [0.717, 1.165) is 68.2 Å². The highest BCUT2D eigenvalue weighted by molar-refractivity contribution is 5.71. The third kappa shape index (κ3) is 6.89. The number of pyridine rings is 1. The summed E-state index contributed by atoms with van der Waals surface area (Å²) in [4.78, 5) is 29.7. The highest BCUT2D eigenvalue weighted by atomic mass is 16.7. The number of carbonyl (C=O) groups excluding carboxylic acids is 2. The van der Waals surface area contributed by atoms with Gasteiger partial charge in [0.2, 0.25) is 5.88 Å². The zero-order chi connectivity index (χ0) is 26.0. The van der Waals surface area contributed by atoms with E-state index in [1.165, 1.54) is 5.57 Å². The number of fused-ring (bicyclic) bond motifs is 4. The number of ether oxygens (including phenoxy) is 3. The molecule has 198 valence electrons. The summed E-state index contributed by atoms with van der Waals surface area (Å²) in [6.45, 7) is 9.15. The molecular weight excluding hydrogens is 456 g/mol. The maximum atomic E-state index is 12.9. The lowest BCUT2D eigenvalue weighted by molar-refractivity contribution is 0.0956. The van der Waals surface area contributed by atoms with Crippen molar-refractivity contribution in [2.45, 2.75) is 97.4 Å². The number of hydrogen-bond donors (Lipinski definition) is 1. The molecule has 2 aliphatic carbocycles. The van der Waals surface area contributed by atoms with Crippen LogP contribution in [0.4, 0.5) is 9.59 Å². The van der Waals surface area contributed by atoms with E-state index in [0.29, 0.717) is 26.1 Å². The van der Waals surface area contributed by atoms with Crippen LogP contribution in [-0.4, -0.2) is 30.4 Å². The Balaban J connectivity index is 1.75. The summed E-state index contributed by atoms with van der Waals surface area (Å²) in [6.07, 6.45) is 12.8. The van der Waals surface area contributed by atoms with Gasteiger partial charge in [-0.2, -0.15) is 0 Å². The summed E-state index contributed by atoms with van der Waals surface area (Å²) < 4.78 is 16.1. The Kier molecular flexibility index (Phi) is 10.4. The Morgan fingerprint density at radius 1 is 1.06 bits per heavy atom. The minimum atomic E-state index is -0.737. The summed E-state index contributed by atoms with van der Waals surface area (Å²) in [5, 5.41) is 3.20. The van der Waals surface area contributed by atoms with Crippen molar-refractivity contribution in [3.05, 3.63) is 46.7 Å². The van der Waals surface area contributed by atoms with Gasteiger partial charge in [-0.05, 0) is 44.7 Å².